The van der Waals surface area contributed by atoms with Crippen LogP contribution >= 0.6 is 11.3 Å². The number of fused-ring (bicyclic) bond motifs is 1. The van der Waals surface area contributed by atoms with Crippen molar-refractivity contribution in [1.82, 2.24) is 14.9 Å². The predicted octanol–water partition coefficient (Wildman–Crippen LogP) is 1.62. The van der Waals surface area contributed by atoms with E-state index in [9.17, 15) is 23.1 Å². The van der Waals surface area contributed by atoms with Crippen LogP contribution < -0.4 is 10.2 Å². The van der Waals surface area contributed by atoms with Crippen LogP contribution in [0.1, 0.15) is 18.2 Å². The lowest BCUT2D eigenvalue weighted by atomic mass is 10.2. The molecule has 166 valence electrons. The molecule has 1 atom stereocenters. The van der Waals surface area contributed by atoms with E-state index in [4.69, 9.17) is 5.11 Å². The number of aliphatic hydroxyl groups excluding tert-OH is 2. The average Bonchev–Trinajstić information content (AvgIpc) is 3.13. The van der Waals surface area contributed by atoms with Crippen molar-refractivity contribution < 1.29 is 28.2 Å². The summed E-state index contributed by atoms with van der Waals surface area (Å²) in [6, 6.07) is 2.00. The van der Waals surface area contributed by atoms with Crippen molar-refractivity contribution in [3.63, 3.8) is 0 Å². The number of hydrogen-bond acceptors (Lipinski definition) is 8. The van der Waals surface area contributed by atoms with Crippen LogP contribution in [0.2, 0.25) is 0 Å². The first-order chi connectivity index (χ1) is 14.2. The zero-order valence-electron chi connectivity index (χ0n) is 16.4. The summed E-state index contributed by atoms with van der Waals surface area (Å²) in [6.07, 6.45) is -6.09. The zero-order chi connectivity index (χ0) is 21.9. The number of anilines is 2. The van der Waals surface area contributed by atoms with Crippen molar-refractivity contribution in [2.24, 2.45) is 0 Å². The topological polar surface area (TPSA) is 102 Å². The highest BCUT2D eigenvalue weighted by molar-refractivity contribution is 7.18. The lowest BCUT2D eigenvalue weighted by Crippen LogP contribution is -2.49. The molecule has 2 aromatic heterocycles. The van der Waals surface area contributed by atoms with Crippen LogP contribution in [0.5, 0.6) is 0 Å². The normalized spacial score (nSPS) is 16.2. The Morgan fingerprint density at radius 1 is 1.30 bits per heavy atom. The lowest BCUT2D eigenvalue weighted by molar-refractivity contribution is -0.161. The van der Waals surface area contributed by atoms with Gasteiger partial charge < -0.3 is 25.3 Å². The van der Waals surface area contributed by atoms with Gasteiger partial charge in [-0.05, 0) is 12.5 Å². The minimum atomic E-state index is -4.51. The highest BCUT2D eigenvalue weighted by Gasteiger charge is 2.34. The average molecular weight is 447 g/mol. The van der Waals surface area contributed by atoms with Crippen LogP contribution in [-0.2, 0) is 11.2 Å². The first-order valence-corrected chi connectivity index (χ1v) is 10.4. The molecule has 0 spiro atoms. The van der Waals surface area contributed by atoms with Gasteiger partial charge in [0.25, 0.3) is 0 Å². The molecule has 0 saturated carbocycles. The molecule has 1 aliphatic rings. The van der Waals surface area contributed by atoms with Crippen LogP contribution in [0, 0.1) is 0 Å². The van der Waals surface area contributed by atoms with E-state index in [2.05, 4.69) is 15.3 Å². The Hall–Kier alpha value is -2.18. The summed E-state index contributed by atoms with van der Waals surface area (Å²) < 4.78 is 37.5. The van der Waals surface area contributed by atoms with Crippen LogP contribution in [0.4, 0.5) is 24.9 Å². The molecule has 2 aromatic rings. The van der Waals surface area contributed by atoms with Crippen molar-refractivity contribution in [1.29, 1.82) is 0 Å². The second-order valence-corrected chi connectivity index (χ2v) is 8.15. The summed E-state index contributed by atoms with van der Waals surface area (Å²) in [7, 11) is 0. The monoisotopic (exact) mass is 447 g/mol. The number of halogens is 3. The summed E-state index contributed by atoms with van der Waals surface area (Å²) in [5.41, 5.74) is 0. The molecule has 3 heterocycles. The number of carbonyl (C=O) groups excluding carboxylic acids is 1. The molecule has 1 fully saturated rings. The molecule has 30 heavy (non-hydrogen) atoms. The minimum absolute atomic E-state index is 0.0766. The number of alkyl halides is 3. The number of aryl methyl sites for hydroxylation is 1. The lowest BCUT2D eigenvalue weighted by Gasteiger charge is -2.36. The third kappa shape index (κ3) is 5.49. The number of carbonyl (C=O) groups is 1. The molecule has 3 N–H and O–H groups in total. The van der Waals surface area contributed by atoms with Crippen molar-refractivity contribution in [2.75, 3.05) is 49.5 Å². The quantitative estimate of drug-likeness (QED) is 0.593. The summed E-state index contributed by atoms with van der Waals surface area (Å²) in [5, 5.41) is 22.3. The van der Waals surface area contributed by atoms with Crippen molar-refractivity contribution in [2.45, 2.75) is 32.0 Å². The number of aliphatic hydroxyl groups is 2. The molecule has 8 nitrogen and oxygen atoms in total. The highest BCUT2D eigenvalue weighted by Crippen LogP contribution is 2.33. The van der Waals surface area contributed by atoms with Gasteiger partial charge in [-0.3, -0.25) is 4.79 Å². The van der Waals surface area contributed by atoms with Gasteiger partial charge in [0.1, 0.15) is 17.1 Å². The summed E-state index contributed by atoms with van der Waals surface area (Å²) in [6.45, 7) is 2.77. The van der Waals surface area contributed by atoms with Crippen molar-refractivity contribution in [3.05, 3.63) is 10.9 Å². The standard InChI is InChI=1S/C18H24F3N5O3S/c1-2-12-7-13-15(23-17(24-16(13)30-12)22-9-11(28)10-27)26-5-3-25(4-6-26)14(29)8-18(19,20)21/h7,11,27-28H,2-6,8-10H2,1H3,(H,22,23,24)/t11-/m0/s1. The number of rotatable bonds is 7. The predicted molar refractivity (Wildman–Crippen MR) is 108 cm³/mol. The molecule has 0 unspecified atom stereocenters. The molecular weight excluding hydrogens is 423 g/mol. The molecular formula is C18H24F3N5O3S. The maximum Gasteiger partial charge on any atom is 0.397 e. The van der Waals surface area contributed by atoms with E-state index >= 15 is 0 Å². The first-order valence-electron chi connectivity index (χ1n) is 9.63. The SMILES string of the molecule is CCc1cc2c(N3CCN(C(=O)CC(F)(F)F)CC3)nc(NC[C@H](O)CO)nc2s1. The summed E-state index contributed by atoms with van der Waals surface area (Å²) in [4.78, 5) is 25.9. The van der Waals surface area contributed by atoms with Gasteiger partial charge in [-0.15, -0.1) is 11.3 Å². The van der Waals surface area contributed by atoms with Gasteiger partial charge in [0.05, 0.1) is 18.1 Å². The molecule has 0 aromatic carbocycles. The van der Waals surface area contributed by atoms with E-state index in [1.165, 1.54) is 16.2 Å². The third-order valence-electron chi connectivity index (χ3n) is 4.76. The zero-order valence-corrected chi connectivity index (χ0v) is 17.3. The summed E-state index contributed by atoms with van der Waals surface area (Å²) in [5.74, 6) is 0.0177. The van der Waals surface area contributed by atoms with Crippen LogP contribution in [0.25, 0.3) is 10.2 Å². The van der Waals surface area contributed by atoms with Gasteiger partial charge in [0.15, 0.2) is 0 Å². The Morgan fingerprint density at radius 2 is 2.00 bits per heavy atom. The molecule has 1 saturated heterocycles. The van der Waals surface area contributed by atoms with Gasteiger partial charge in [0, 0.05) is 37.6 Å². The molecule has 0 radical (unpaired) electrons. The van der Waals surface area contributed by atoms with Crippen LogP contribution in [0.15, 0.2) is 6.07 Å². The fraction of sp³-hybridized carbons (Fsp3) is 0.611. The number of hydrogen-bond donors (Lipinski definition) is 3. The number of aromatic nitrogens is 2. The maximum absolute atomic E-state index is 12.5. The maximum atomic E-state index is 12.5. The first kappa shape index (κ1) is 22.5. The van der Waals surface area contributed by atoms with Crippen LogP contribution in [-0.4, -0.2) is 82.6 Å². The Balaban J connectivity index is 1.79. The number of nitrogens with zero attached hydrogens (tertiary/aromatic N) is 4. The third-order valence-corrected chi connectivity index (χ3v) is 5.94. The summed E-state index contributed by atoms with van der Waals surface area (Å²) >= 11 is 1.52. The van der Waals surface area contributed by atoms with Gasteiger partial charge in [0.2, 0.25) is 11.9 Å². The van der Waals surface area contributed by atoms with E-state index in [0.717, 1.165) is 21.5 Å². The van der Waals surface area contributed by atoms with Gasteiger partial charge in [-0.2, -0.15) is 18.2 Å². The number of nitrogens with one attached hydrogen (secondary N) is 1. The van der Waals surface area contributed by atoms with E-state index in [1.807, 2.05) is 17.9 Å². The van der Waals surface area contributed by atoms with Crippen LogP contribution in [0.3, 0.4) is 0 Å². The molecule has 1 amide bonds. The number of thiophene rings is 1. The van der Waals surface area contributed by atoms with Crippen molar-refractivity contribution in [3.8, 4) is 0 Å². The number of piperazine rings is 1. The Labute approximate surface area is 175 Å². The Kier molecular flexibility index (Phi) is 6.98. The molecule has 3 rings (SSSR count). The Morgan fingerprint density at radius 3 is 2.60 bits per heavy atom. The molecule has 12 heteroatoms. The largest absolute Gasteiger partial charge is 0.397 e. The van der Waals surface area contributed by atoms with Gasteiger partial charge in [-0.1, -0.05) is 6.92 Å². The number of amides is 1. The van der Waals surface area contributed by atoms with Gasteiger partial charge in [-0.25, -0.2) is 4.98 Å². The van der Waals surface area contributed by atoms with E-state index < -0.39 is 31.2 Å². The highest BCUT2D eigenvalue weighted by atomic mass is 32.1. The molecule has 1 aliphatic heterocycles. The second-order valence-electron chi connectivity index (χ2n) is 7.03. The molecule has 0 aliphatic carbocycles. The van der Waals surface area contributed by atoms with Gasteiger partial charge >= 0.3 is 6.18 Å². The fourth-order valence-corrected chi connectivity index (χ4v) is 4.14. The minimum Gasteiger partial charge on any atom is -0.394 e. The Bertz CT molecular complexity index is 884. The van der Waals surface area contributed by atoms with E-state index in [0.29, 0.717) is 24.9 Å². The van der Waals surface area contributed by atoms with Crippen molar-refractivity contribution >= 4 is 39.2 Å². The fourth-order valence-electron chi connectivity index (χ4n) is 3.18. The molecule has 0 bridgehead atoms. The second kappa shape index (κ2) is 9.31. The van der Waals surface area contributed by atoms with E-state index in [1.54, 1.807) is 0 Å². The van der Waals surface area contributed by atoms with E-state index in [-0.39, 0.29) is 19.6 Å². The smallest absolute Gasteiger partial charge is 0.394 e.